The highest BCUT2D eigenvalue weighted by atomic mass is 16.5. The van der Waals surface area contributed by atoms with Crippen molar-refractivity contribution in [3.05, 3.63) is 224 Å². The van der Waals surface area contributed by atoms with Crippen LogP contribution in [0.25, 0.3) is 83.4 Å². The third-order valence-corrected chi connectivity index (χ3v) is 11.6. The molecule has 0 bridgehead atoms. The first-order valence-electron chi connectivity index (χ1n) is 26.0. The van der Waals surface area contributed by atoms with Crippen LogP contribution >= 0.6 is 0 Å². The molecule has 6 nitrogen and oxygen atoms in total. The summed E-state index contributed by atoms with van der Waals surface area (Å²) in [4.78, 5) is 4.88. The second-order valence-electron chi connectivity index (χ2n) is 16.6. The van der Waals surface area contributed by atoms with Crippen LogP contribution in [0.15, 0.2) is 206 Å². The van der Waals surface area contributed by atoms with Gasteiger partial charge in [0.1, 0.15) is 17.3 Å². The van der Waals surface area contributed by atoms with E-state index in [0.29, 0.717) is 44.9 Å². The third kappa shape index (κ3) is 7.00. The van der Waals surface area contributed by atoms with Crippen molar-refractivity contribution in [3.63, 3.8) is 0 Å². The molecule has 0 fully saturated rings. The summed E-state index contributed by atoms with van der Waals surface area (Å²) in [6.07, 6.45) is 5.28. The van der Waals surface area contributed by atoms with E-state index in [1.54, 1.807) is 39.5 Å². The van der Waals surface area contributed by atoms with Crippen molar-refractivity contribution in [2.75, 3.05) is 0 Å². The average Bonchev–Trinajstić information content (AvgIpc) is 3.97. The summed E-state index contributed by atoms with van der Waals surface area (Å²) in [5, 5.41) is 12.3. The number of aromatic nitrogens is 4. The minimum Gasteiger partial charge on any atom is -0.457 e. The molecule has 310 valence electrons. The second kappa shape index (κ2) is 16.0. The zero-order chi connectivity index (χ0) is 52.8. The van der Waals surface area contributed by atoms with E-state index in [4.69, 9.17) is 23.4 Å². The van der Waals surface area contributed by atoms with E-state index in [-0.39, 0.29) is 33.4 Å². The Balaban J connectivity index is 1.13. The van der Waals surface area contributed by atoms with Gasteiger partial charge in [-0.15, -0.1) is 0 Å². The Morgan fingerprint density at radius 3 is 2.03 bits per heavy atom. The van der Waals surface area contributed by atoms with Gasteiger partial charge in [0, 0.05) is 34.2 Å². The zero-order valence-corrected chi connectivity index (χ0v) is 35.5. The van der Waals surface area contributed by atoms with E-state index >= 15 is 0 Å². The monoisotopic (exact) mass is 847 g/mol. The molecule has 8 aromatic carbocycles. The molecule has 11 rings (SSSR count). The lowest BCUT2D eigenvalue weighted by Gasteiger charge is -2.20. The fraction of sp³-hybridized carbons (Fsp3) is 0.0678. The van der Waals surface area contributed by atoms with Crippen LogP contribution in [-0.2, 0) is 5.41 Å². The number of benzene rings is 8. The Bertz CT molecular complexity index is 4100. The molecule has 0 radical (unpaired) electrons. The summed E-state index contributed by atoms with van der Waals surface area (Å²) >= 11 is 0. The number of pyridine rings is 1. The molecule has 11 aromatic rings. The molecular formula is C59H43N5O. The number of ether oxygens (including phenoxy) is 1. The molecule has 0 aliphatic rings. The molecule has 0 atom stereocenters. The second-order valence-corrected chi connectivity index (χ2v) is 16.6. The van der Waals surface area contributed by atoms with Crippen molar-refractivity contribution in [2.24, 2.45) is 0 Å². The van der Waals surface area contributed by atoms with Crippen molar-refractivity contribution >= 4 is 32.8 Å². The predicted octanol–water partition coefficient (Wildman–Crippen LogP) is 14.2. The van der Waals surface area contributed by atoms with Gasteiger partial charge in [-0.1, -0.05) is 166 Å². The molecule has 65 heavy (non-hydrogen) atoms. The van der Waals surface area contributed by atoms with Gasteiger partial charge in [0.25, 0.3) is 6.33 Å². The van der Waals surface area contributed by atoms with E-state index < -0.39 is 60.4 Å². The van der Waals surface area contributed by atoms with Crippen LogP contribution in [-0.4, -0.2) is 14.1 Å². The number of hydrogen-bond donors (Lipinski definition) is 0. The maximum atomic E-state index is 10.4. The molecule has 0 saturated heterocycles. The Hall–Kier alpha value is -8.53. The summed E-state index contributed by atoms with van der Waals surface area (Å²) in [5.41, 5.74) is 6.39. The fourth-order valence-corrected chi connectivity index (χ4v) is 8.55. The molecule has 0 spiro atoms. The number of rotatable bonds is 8. The Morgan fingerprint density at radius 1 is 0.631 bits per heavy atom. The number of imidazole rings is 1. The van der Waals surface area contributed by atoms with Crippen LogP contribution in [0.2, 0.25) is 0 Å². The van der Waals surface area contributed by atoms with Gasteiger partial charge in [-0.25, -0.2) is 4.98 Å². The minimum atomic E-state index is -0.582. The zero-order valence-electron chi connectivity index (χ0n) is 45.5. The van der Waals surface area contributed by atoms with Crippen LogP contribution < -0.4 is 9.30 Å². The van der Waals surface area contributed by atoms with Crippen LogP contribution in [0.5, 0.6) is 11.5 Å². The van der Waals surface area contributed by atoms with Gasteiger partial charge in [0.2, 0.25) is 0 Å². The molecule has 0 aliphatic heterocycles. The number of fused-ring (bicyclic) bond motifs is 4. The lowest BCUT2D eigenvalue weighted by molar-refractivity contribution is -0.571. The van der Waals surface area contributed by atoms with E-state index in [0.717, 1.165) is 33.2 Å². The normalized spacial score (nSPS) is 13.8. The quantitative estimate of drug-likeness (QED) is 0.113. The highest BCUT2D eigenvalue weighted by Gasteiger charge is 2.23. The van der Waals surface area contributed by atoms with Crippen LogP contribution in [0.4, 0.5) is 0 Å². The first-order chi connectivity index (χ1) is 36.0. The highest BCUT2D eigenvalue weighted by Crippen LogP contribution is 2.43. The Morgan fingerprint density at radius 2 is 1.29 bits per heavy atom. The highest BCUT2D eigenvalue weighted by molar-refractivity contribution is 6.11. The third-order valence-electron chi connectivity index (χ3n) is 11.6. The lowest BCUT2D eigenvalue weighted by atomic mass is 9.88. The van der Waals surface area contributed by atoms with Crippen LogP contribution in [0, 0.1) is 17.7 Å². The van der Waals surface area contributed by atoms with Crippen molar-refractivity contribution in [1.29, 1.82) is 5.26 Å². The van der Waals surface area contributed by atoms with E-state index in [1.807, 2.05) is 91.1 Å². The summed E-state index contributed by atoms with van der Waals surface area (Å²) in [6.45, 7) is 6.49. The first kappa shape index (κ1) is 29.7. The molecule has 0 unspecified atom stereocenters. The number of nitrogens with zero attached hydrogens (tertiary/aromatic N) is 5. The molecular weight excluding hydrogens is 795 g/mol. The van der Waals surface area contributed by atoms with Crippen LogP contribution in [0.1, 0.15) is 45.6 Å². The molecule has 3 aromatic heterocycles. The summed E-state index contributed by atoms with van der Waals surface area (Å²) < 4.78 is 100.0. The Labute approximate surface area is 392 Å². The number of nitriles is 1. The topological polar surface area (TPSA) is 59.6 Å². The summed E-state index contributed by atoms with van der Waals surface area (Å²) in [7, 11) is 0. The van der Waals surface area contributed by atoms with Gasteiger partial charge in [0.15, 0.2) is 0 Å². The first-order valence-corrected chi connectivity index (χ1v) is 21.0. The number of para-hydroxylation sites is 4. The van der Waals surface area contributed by atoms with Gasteiger partial charge in [0.05, 0.1) is 58.8 Å². The molecule has 3 heterocycles. The van der Waals surface area contributed by atoms with Crippen LogP contribution in [0.3, 0.4) is 0 Å². The van der Waals surface area contributed by atoms with Crippen molar-refractivity contribution in [2.45, 2.75) is 26.2 Å². The van der Waals surface area contributed by atoms with Gasteiger partial charge in [-0.3, -0.25) is 13.7 Å². The number of hydrogen-bond acceptors (Lipinski definition) is 3. The van der Waals surface area contributed by atoms with Crippen molar-refractivity contribution < 1.29 is 23.0 Å². The van der Waals surface area contributed by atoms with E-state index in [9.17, 15) is 5.26 Å². The maximum Gasteiger partial charge on any atom is 0.269 e. The van der Waals surface area contributed by atoms with Gasteiger partial charge in [-0.2, -0.15) is 5.26 Å². The average molecular weight is 848 g/mol. The minimum absolute atomic E-state index is 0.135. The van der Waals surface area contributed by atoms with E-state index in [1.165, 1.54) is 0 Å². The summed E-state index contributed by atoms with van der Waals surface area (Å²) in [5.74, 6) is 1.62. The van der Waals surface area contributed by atoms with Gasteiger partial charge < -0.3 is 4.74 Å². The van der Waals surface area contributed by atoms with Gasteiger partial charge >= 0.3 is 0 Å². The smallest absolute Gasteiger partial charge is 0.269 e. The maximum absolute atomic E-state index is 10.4. The van der Waals surface area contributed by atoms with E-state index in [2.05, 4.69) is 62.0 Å². The lowest BCUT2D eigenvalue weighted by Crippen LogP contribution is -2.31. The molecule has 6 heteroatoms. The molecule has 0 N–H and O–H groups in total. The standard InChI is InChI=1S/C59H43N5O/c1-59(2,3)43-32-33-61-57(34-43)64-52-29-13-12-26-49(52)50-36-51(46-25-11-10-22-42(46)38-60)56(37-55(50)64)65-45-24-16-23-44(35-45)62-39-63(54-31-15-14-30-53(54)62)58-47(40-18-6-4-7-19-40)27-17-28-48(58)41-20-8-5-9-21-41/h4-37H,1-3H3/i4D,5D,6D,7D,8D,9D,18D,19D,20D,21D. The van der Waals surface area contributed by atoms with Crippen molar-refractivity contribution in [3.8, 4) is 68.1 Å². The predicted molar refractivity (Wildman–Crippen MR) is 262 cm³/mol. The molecule has 0 aliphatic carbocycles. The molecule has 0 amide bonds. The summed E-state index contributed by atoms with van der Waals surface area (Å²) in [6, 6.07) is 40.1. The van der Waals surface area contributed by atoms with Gasteiger partial charge in [-0.05, 0) is 81.8 Å². The largest absolute Gasteiger partial charge is 0.457 e. The molecule has 0 saturated carbocycles. The fourth-order valence-electron chi connectivity index (χ4n) is 8.55. The SMILES string of the molecule is [2H]c1c([2H])c([2H])c(-c2cccc(-c3c([2H])c([2H])c([2H])c([2H])c3[2H])c2-[n+]2[c-]n(-c3cccc(Oc4cc5c(cc4-c4ccccc4C#N)c4ccccc4n5-c4cc(C(C)(C)C)ccn4)c3)c3ccccc32)c([2H])c1[2H]. The van der Waals surface area contributed by atoms with Crippen molar-refractivity contribution in [1.82, 2.24) is 14.1 Å². The Kier molecular flexibility index (Phi) is 7.31.